The van der Waals surface area contributed by atoms with Crippen LogP contribution in [-0.2, 0) is 0 Å². The molecule has 4 heteroatoms. The van der Waals surface area contributed by atoms with E-state index in [1.54, 1.807) is 31.2 Å². The zero-order valence-electron chi connectivity index (χ0n) is 15.1. The molecule has 4 nitrogen and oxygen atoms in total. The fourth-order valence-corrected chi connectivity index (χ4v) is 3.58. The summed E-state index contributed by atoms with van der Waals surface area (Å²) in [6.45, 7) is 3.66. The van der Waals surface area contributed by atoms with Gasteiger partial charge in [0.15, 0.2) is 5.78 Å². The largest absolute Gasteiger partial charge is 0.507 e. The minimum Gasteiger partial charge on any atom is -0.507 e. The molecule has 3 aromatic rings. The van der Waals surface area contributed by atoms with Crippen molar-refractivity contribution in [3.63, 3.8) is 0 Å². The van der Waals surface area contributed by atoms with E-state index in [0.717, 1.165) is 5.56 Å². The van der Waals surface area contributed by atoms with Crippen molar-refractivity contribution in [1.29, 1.82) is 0 Å². The first kappa shape index (κ1) is 17.0. The number of rotatable bonds is 3. The zero-order chi connectivity index (χ0) is 19.1. The summed E-state index contributed by atoms with van der Waals surface area (Å²) in [6, 6.07) is 19.0. The lowest BCUT2D eigenvalue weighted by atomic mass is 9.93. The summed E-state index contributed by atoms with van der Waals surface area (Å²) in [4.78, 5) is 28.0. The first-order valence-corrected chi connectivity index (χ1v) is 8.81. The predicted molar refractivity (Wildman–Crippen MR) is 104 cm³/mol. The van der Waals surface area contributed by atoms with Gasteiger partial charge in [-0.3, -0.25) is 14.5 Å². The van der Waals surface area contributed by atoms with Crippen LogP contribution in [0.5, 0.6) is 5.75 Å². The number of para-hydroxylation sites is 1. The van der Waals surface area contributed by atoms with Crippen molar-refractivity contribution in [2.75, 3.05) is 4.90 Å². The molecule has 1 heterocycles. The Morgan fingerprint density at radius 3 is 2.33 bits per heavy atom. The van der Waals surface area contributed by atoms with Gasteiger partial charge in [-0.15, -0.1) is 0 Å². The van der Waals surface area contributed by atoms with Gasteiger partial charge in [0.1, 0.15) is 11.8 Å². The van der Waals surface area contributed by atoms with Crippen LogP contribution in [-0.4, -0.2) is 16.8 Å². The first-order chi connectivity index (χ1) is 13.0. The van der Waals surface area contributed by atoms with Crippen molar-refractivity contribution in [3.05, 3.63) is 94.5 Å². The van der Waals surface area contributed by atoms with Gasteiger partial charge < -0.3 is 5.11 Å². The minimum atomic E-state index is -0.802. The number of amides is 1. The summed E-state index contributed by atoms with van der Waals surface area (Å²) in [5, 5.41) is 10.6. The van der Waals surface area contributed by atoms with Gasteiger partial charge >= 0.3 is 0 Å². The van der Waals surface area contributed by atoms with Gasteiger partial charge in [-0.25, -0.2) is 0 Å². The number of nitrogens with zero attached hydrogens (tertiary/aromatic N) is 1. The standard InChI is InChI=1S/C23H19NO3/c1-14-12-13-19(21(25)15(14)2)22(26)20-17-10-6-7-11-18(17)23(27)24(20)16-8-4-3-5-9-16/h3-13,20,25H,1-2H3/t20-/m0/s1. The lowest BCUT2D eigenvalue weighted by Gasteiger charge is -2.25. The van der Waals surface area contributed by atoms with Crippen LogP contribution in [0.3, 0.4) is 0 Å². The maximum atomic E-state index is 13.5. The molecule has 0 unspecified atom stereocenters. The number of carbonyl (C=O) groups is 2. The maximum Gasteiger partial charge on any atom is 0.259 e. The second kappa shape index (κ2) is 6.40. The van der Waals surface area contributed by atoms with Crippen LogP contribution in [0.15, 0.2) is 66.7 Å². The summed E-state index contributed by atoms with van der Waals surface area (Å²) in [6.07, 6.45) is 0. The molecule has 0 fully saturated rings. The van der Waals surface area contributed by atoms with Crippen LogP contribution in [0.4, 0.5) is 5.69 Å². The molecule has 1 aliphatic rings. The smallest absolute Gasteiger partial charge is 0.259 e. The highest BCUT2D eigenvalue weighted by atomic mass is 16.3. The van der Waals surface area contributed by atoms with Crippen LogP contribution in [0.25, 0.3) is 0 Å². The van der Waals surface area contributed by atoms with E-state index in [4.69, 9.17) is 0 Å². The number of aryl methyl sites for hydroxylation is 1. The Labute approximate surface area is 157 Å². The number of Topliss-reactive ketones (excluding diaryl/α,β-unsaturated/α-hetero) is 1. The predicted octanol–water partition coefficient (Wildman–Crippen LogP) is 4.59. The van der Waals surface area contributed by atoms with Crippen molar-refractivity contribution >= 4 is 17.4 Å². The normalized spacial score (nSPS) is 15.7. The molecule has 4 rings (SSSR count). The number of aromatic hydroxyl groups is 1. The number of hydrogen-bond acceptors (Lipinski definition) is 3. The van der Waals surface area contributed by atoms with Crippen molar-refractivity contribution in [2.45, 2.75) is 19.9 Å². The van der Waals surface area contributed by atoms with E-state index in [0.29, 0.717) is 22.4 Å². The van der Waals surface area contributed by atoms with Gasteiger partial charge in [0.25, 0.3) is 5.91 Å². The highest BCUT2D eigenvalue weighted by Gasteiger charge is 2.42. The van der Waals surface area contributed by atoms with E-state index < -0.39 is 6.04 Å². The third kappa shape index (κ3) is 2.61. The van der Waals surface area contributed by atoms with Crippen molar-refractivity contribution < 1.29 is 14.7 Å². The summed E-state index contributed by atoms with van der Waals surface area (Å²) >= 11 is 0. The highest BCUT2D eigenvalue weighted by Crippen LogP contribution is 2.41. The third-order valence-corrected chi connectivity index (χ3v) is 5.21. The summed E-state index contributed by atoms with van der Waals surface area (Å²) < 4.78 is 0. The monoisotopic (exact) mass is 357 g/mol. The van der Waals surface area contributed by atoms with Gasteiger partial charge in [-0.05, 0) is 54.8 Å². The Morgan fingerprint density at radius 1 is 0.926 bits per heavy atom. The number of anilines is 1. The fraction of sp³-hybridized carbons (Fsp3) is 0.130. The van der Waals surface area contributed by atoms with Crippen LogP contribution >= 0.6 is 0 Å². The average molecular weight is 357 g/mol. The van der Waals surface area contributed by atoms with Gasteiger partial charge in [0.05, 0.1) is 5.56 Å². The second-order valence-electron chi connectivity index (χ2n) is 6.77. The van der Waals surface area contributed by atoms with Gasteiger partial charge in [-0.1, -0.05) is 42.5 Å². The quantitative estimate of drug-likeness (QED) is 0.697. The second-order valence-corrected chi connectivity index (χ2v) is 6.77. The van der Waals surface area contributed by atoms with Gasteiger partial charge in [0, 0.05) is 11.3 Å². The SMILES string of the molecule is Cc1ccc(C(=O)[C@@H]2c3ccccc3C(=O)N2c2ccccc2)c(O)c1C. The molecular weight excluding hydrogens is 338 g/mol. The van der Waals surface area contributed by atoms with Gasteiger partial charge in [-0.2, -0.15) is 0 Å². The lowest BCUT2D eigenvalue weighted by Crippen LogP contribution is -2.32. The lowest BCUT2D eigenvalue weighted by molar-refractivity contribution is 0.0914. The Kier molecular flexibility index (Phi) is 4.04. The van der Waals surface area contributed by atoms with E-state index in [2.05, 4.69) is 0 Å². The van der Waals surface area contributed by atoms with Crippen molar-refractivity contribution in [1.82, 2.24) is 0 Å². The number of benzene rings is 3. The molecule has 27 heavy (non-hydrogen) atoms. The molecule has 1 amide bonds. The molecular formula is C23H19NO3. The third-order valence-electron chi connectivity index (χ3n) is 5.21. The molecule has 0 spiro atoms. The minimum absolute atomic E-state index is 0.0233. The Hall–Kier alpha value is -3.40. The Morgan fingerprint density at radius 2 is 1.59 bits per heavy atom. The van der Waals surface area contributed by atoms with Crippen LogP contribution < -0.4 is 4.90 Å². The first-order valence-electron chi connectivity index (χ1n) is 8.81. The summed E-state index contributed by atoms with van der Waals surface area (Å²) in [5.41, 5.74) is 3.64. The number of carbonyl (C=O) groups excluding carboxylic acids is 2. The molecule has 0 aromatic heterocycles. The molecule has 0 aliphatic carbocycles. The van der Waals surface area contributed by atoms with E-state index in [1.807, 2.05) is 49.4 Å². The Balaban J connectivity index is 1.89. The highest BCUT2D eigenvalue weighted by molar-refractivity contribution is 6.19. The summed E-state index contributed by atoms with van der Waals surface area (Å²) in [5.74, 6) is -0.527. The average Bonchev–Trinajstić information content (AvgIpc) is 2.99. The molecule has 1 N–H and O–H groups in total. The van der Waals surface area contributed by atoms with E-state index in [9.17, 15) is 14.7 Å². The van der Waals surface area contributed by atoms with E-state index >= 15 is 0 Å². The number of phenols is 1. The molecule has 0 radical (unpaired) electrons. The van der Waals surface area contributed by atoms with Crippen LogP contribution in [0.2, 0.25) is 0 Å². The number of fused-ring (bicyclic) bond motifs is 1. The van der Waals surface area contributed by atoms with Crippen molar-refractivity contribution in [2.24, 2.45) is 0 Å². The molecule has 0 saturated carbocycles. The zero-order valence-corrected chi connectivity index (χ0v) is 15.1. The Bertz CT molecular complexity index is 1060. The molecule has 0 saturated heterocycles. The molecule has 134 valence electrons. The molecule has 1 aliphatic heterocycles. The van der Waals surface area contributed by atoms with E-state index in [1.165, 1.54) is 4.90 Å². The summed E-state index contributed by atoms with van der Waals surface area (Å²) in [7, 11) is 0. The fourth-order valence-electron chi connectivity index (χ4n) is 3.58. The molecule has 0 bridgehead atoms. The van der Waals surface area contributed by atoms with Crippen LogP contribution in [0.1, 0.15) is 43.4 Å². The van der Waals surface area contributed by atoms with Crippen LogP contribution in [0, 0.1) is 13.8 Å². The molecule has 1 atom stereocenters. The number of hydrogen-bond donors (Lipinski definition) is 1. The topological polar surface area (TPSA) is 57.6 Å². The van der Waals surface area contributed by atoms with Crippen molar-refractivity contribution in [3.8, 4) is 5.75 Å². The van der Waals surface area contributed by atoms with Gasteiger partial charge in [0.2, 0.25) is 0 Å². The molecule has 3 aromatic carbocycles. The number of ketones is 1. The van der Waals surface area contributed by atoms with E-state index in [-0.39, 0.29) is 23.0 Å². The number of phenolic OH excluding ortho intramolecular Hbond substituents is 1. The maximum absolute atomic E-state index is 13.5.